The molecule has 1 atom stereocenters. The summed E-state index contributed by atoms with van der Waals surface area (Å²) < 4.78 is 0.696. The highest BCUT2D eigenvalue weighted by atomic mass is 79.9. The maximum Gasteiger partial charge on any atom is 0.227 e. The van der Waals surface area contributed by atoms with Crippen LogP contribution in [0.4, 0.5) is 5.69 Å². The van der Waals surface area contributed by atoms with Gasteiger partial charge in [0.15, 0.2) is 0 Å². The van der Waals surface area contributed by atoms with E-state index in [4.69, 9.17) is 5.53 Å². The van der Waals surface area contributed by atoms with Crippen molar-refractivity contribution >= 4 is 27.5 Å². The molecule has 0 bridgehead atoms. The van der Waals surface area contributed by atoms with Crippen LogP contribution in [0.2, 0.25) is 0 Å². The number of carbonyl (C=O) groups is 1. The second-order valence-electron chi connectivity index (χ2n) is 3.82. The van der Waals surface area contributed by atoms with E-state index < -0.39 is 0 Å². The van der Waals surface area contributed by atoms with E-state index in [9.17, 15) is 4.79 Å². The molecule has 6 nitrogen and oxygen atoms in total. The molecule has 1 saturated heterocycles. The maximum atomic E-state index is 11.8. The first kappa shape index (κ1) is 11.9. The van der Waals surface area contributed by atoms with Crippen LogP contribution in [-0.4, -0.2) is 24.0 Å². The minimum atomic E-state index is 0.0567. The van der Waals surface area contributed by atoms with Gasteiger partial charge in [-0.2, -0.15) is 0 Å². The van der Waals surface area contributed by atoms with Crippen LogP contribution >= 0.6 is 15.9 Å². The molecule has 2 rings (SSSR count). The molecular weight excluding hydrogens is 286 g/mol. The molecule has 1 unspecified atom stereocenters. The number of azide groups is 1. The Hall–Kier alpha value is -1.59. The van der Waals surface area contributed by atoms with Gasteiger partial charge in [0.25, 0.3) is 0 Å². The van der Waals surface area contributed by atoms with Gasteiger partial charge in [-0.05, 0) is 39.5 Å². The van der Waals surface area contributed by atoms with Crippen LogP contribution in [-0.2, 0) is 4.79 Å². The fourth-order valence-corrected chi connectivity index (χ4v) is 2.22. The average Bonchev–Trinajstić information content (AvgIpc) is 2.68. The van der Waals surface area contributed by atoms with Crippen LogP contribution in [0.5, 0.6) is 0 Å². The molecule has 7 heteroatoms. The van der Waals surface area contributed by atoms with Gasteiger partial charge >= 0.3 is 0 Å². The van der Waals surface area contributed by atoms with Gasteiger partial charge in [0.05, 0.1) is 0 Å². The van der Waals surface area contributed by atoms with Crippen molar-refractivity contribution in [3.63, 3.8) is 0 Å². The Morgan fingerprint density at radius 3 is 3.24 bits per heavy atom. The molecule has 0 aromatic carbocycles. The van der Waals surface area contributed by atoms with Crippen LogP contribution in [0.25, 0.3) is 10.4 Å². The molecule has 0 N–H and O–H groups in total. The van der Waals surface area contributed by atoms with E-state index in [1.165, 1.54) is 0 Å². The predicted molar refractivity (Wildman–Crippen MR) is 66.4 cm³/mol. The first-order valence-corrected chi connectivity index (χ1v) is 5.93. The maximum absolute atomic E-state index is 11.8. The molecule has 1 aliphatic rings. The minimum absolute atomic E-state index is 0.0567. The zero-order valence-electron chi connectivity index (χ0n) is 8.95. The topological polar surface area (TPSA) is 82.0 Å². The fourth-order valence-electron chi connectivity index (χ4n) is 1.87. The molecule has 17 heavy (non-hydrogen) atoms. The van der Waals surface area contributed by atoms with Crippen molar-refractivity contribution in [2.24, 2.45) is 11.0 Å². The lowest BCUT2D eigenvalue weighted by molar-refractivity contribution is -0.117. The molecule has 1 fully saturated rings. The van der Waals surface area contributed by atoms with Gasteiger partial charge in [-0.25, -0.2) is 4.98 Å². The number of hydrogen-bond donors (Lipinski definition) is 0. The van der Waals surface area contributed by atoms with Gasteiger partial charge in [0.2, 0.25) is 5.91 Å². The Balaban J connectivity index is 2.12. The second-order valence-corrected chi connectivity index (χ2v) is 4.64. The van der Waals surface area contributed by atoms with E-state index in [1.54, 1.807) is 23.2 Å². The molecule has 0 saturated carbocycles. The summed E-state index contributed by atoms with van der Waals surface area (Å²) >= 11 is 3.27. The van der Waals surface area contributed by atoms with Crippen molar-refractivity contribution < 1.29 is 4.79 Å². The number of pyridine rings is 1. The SMILES string of the molecule is [N-]=[N+]=NCC1CC(=O)N(c2ccnc(Br)c2)C1. The normalized spacial score (nSPS) is 19.2. The molecular formula is C10H10BrN5O. The number of halogens is 1. The lowest BCUT2D eigenvalue weighted by Crippen LogP contribution is -2.24. The van der Waals surface area contributed by atoms with E-state index in [0.717, 1.165) is 5.69 Å². The Bertz CT molecular complexity index is 485. The highest BCUT2D eigenvalue weighted by Crippen LogP contribution is 2.26. The van der Waals surface area contributed by atoms with E-state index in [2.05, 4.69) is 30.9 Å². The van der Waals surface area contributed by atoms with Gasteiger partial charge in [-0.3, -0.25) is 4.79 Å². The quantitative estimate of drug-likeness (QED) is 0.371. The average molecular weight is 296 g/mol. The van der Waals surface area contributed by atoms with Crippen molar-refractivity contribution in [2.45, 2.75) is 6.42 Å². The number of rotatable bonds is 3. The number of hydrogen-bond acceptors (Lipinski definition) is 3. The minimum Gasteiger partial charge on any atom is -0.312 e. The Labute approximate surface area is 106 Å². The predicted octanol–water partition coefficient (Wildman–Crippen LogP) is 2.51. The molecule has 0 radical (unpaired) electrons. The van der Waals surface area contributed by atoms with Crippen LogP contribution < -0.4 is 4.90 Å². The zero-order valence-corrected chi connectivity index (χ0v) is 10.5. The summed E-state index contributed by atoms with van der Waals surface area (Å²) in [6.07, 6.45) is 2.08. The third-order valence-corrected chi connectivity index (χ3v) is 3.06. The third-order valence-electron chi connectivity index (χ3n) is 2.63. The second kappa shape index (κ2) is 5.16. The monoisotopic (exact) mass is 295 g/mol. The van der Waals surface area contributed by atoms with Crippen molar-refractivity contribution in [3.05, 3.63) is 33.4 Å². The molecule has 88 valence electrons. The number of amides is 1. The van der Waals surface area contributed by atoms with Crippen molar-refractivity contribution in [1.82, 2.24) is 4.98 Å². The number of nitrogens with zero attached hydrogens (tertiary/aromatic N) is 5. The molecule has 1 aromatic heterocycles. The summed E-state index contributed by atoms with van der Waals surface area (Å²) in [5.74, 6) is 0.159. The van der Waals surface area contributed by atoms with E-state index in [-0.39, 0.29) is 11.8 Å². The Morgan fingerprint density at radius 2 is 2.53 bits per heavy atom. The van der Waals surface area contributed by atoms with Gasteiger partial charge in [-0.1, -0.05) is 5.11 Å². The van der Waals surface area contributed by atoms with Gasteiger partial charge < -0.3 is 4.90 Å². The molecule has 1 aliphatic heterocycles. The van der Waals surface area contributed by atoms with Gasteiger partial charge in [0.1, 0.15) is 4.60 Å². The van der Waals surface area contributed by atoms with Crippen molar-refractivity contribution in [3.8, 4) is 0 Å². The molecule has 2 heterocycles. The van der Waals surface area contributed by atoms with Gasteiger partial charge in [0, 0.05) is 36.3 Å². The van der Waals surface area contributed by atoms with Crippen LogP contribution in [0.15, 0.2) is 28.0 Å². The summed E-state index contributed by atoms with van der Waals surface area (Å²) in [5, 5.41) is 3.51. The first-order chi connectivity index (χ1) is 8.20. The summed E-state index contributed by atoms with van der Waals surface area (Å²) in [6, 6.07) is 3.59. The largest absolute Gasteiger partial charge is 0.312 e. The standard InChI is InChI=1S/C10H10BrN5O/c11-9-4-8(1-2-13-9)16-6-7(3-10(16)17)5-14-15-12/h1-2,4,7H,3,5-6H2. The van der Waals surface area contributed by atoms with Crippen molar-refractivity contribution in [2.75, 3.05) is 18.0 Å². The lowest BCUT2D eigenvalue weighted by Gasteiger charge is -2.16. The Kier molecular flexibility index (Phi) is 3.61. The van der Waals surface area contributed by atoms with E-state index in [0.29, 0.717) is 24.1 Å². The number of aromatic nitrogens is 1. The number of carbonyl (C=O) groups excluding carboxylic acids is 1. The summed E-state index contributed by atoms with van der Waals surface area (Å²) in [5.41, 5.74) is 9.08. The smallest absolute Gasteiger partial charge is 0.227 e. The van der Waals surface area contributed by atoms with Crippen LogP contribution in [0, 0.1) is 5.92 Å². The summed E-state index contributed by atoms with van der Waals surface area (Å²) in [6.45, 7) is 0.958. The van der Waals surface area contributed by atoms with Crippen LogP contribution in [0.3, 0.4) is 0 Å². The first-order valence-electron chi connectivity index (χ1n) is 5.13. The third kappa shape index (κ3) is 2.75. The molecule has 1 amide bonds. The molecule has 0 spiro atoms. The van der Waals surface area contributed by atoms with Crippen molar-refractivity contribution in [1.29, 1.82) is 0 Å². The van der Waals surface area contributed by atoms with Crippen LogP contribution in [0.1, 0.15) is 6.42 Å². The van der Waals surface area contributed by atoms with E-state index in [1.807, 2.05) is 0 Å². The molecule has 1 aromatic rings. The summed E-state index contributed by atoms with van der Waals surface area (Å²) in [4.78, 5) is 20.2. The molecule has 0 aliphatic carbocycles. The number of anilines is 1. The lowest BCUT2D eigenvalue weighted by atomic mass is 10.1. The zero-order chi connectivity index (χ0) is 12.3. The van der Waals surface area contributed by atoms with E-state index >= 15 is 0 Å². The highest BCUT2D eigenvalue weighted by molar-refractivity contribution is 9.10. The Morgan fingerprint density at radius 1 is 1.71 bits per heavy atom. The fraction of sp³-hybridized carbons (Fsp3) is 0.400. The summed E-state index contributed by atoms with van der Waals surface area (Å²) in [7, 11) is 0. The highest BCUT2D eigenvalue weighted by Gasteiger charge is 2.30. The van der Waals surface area contributed by atoms with Gasteiger partial charge in [-0.15, -0.1) is 0 Å².